The zero-order valence-electron chi connectivity index (χ0n) is 43.2. The molecule has 0 aliphatic rings. The number of ether oxygens (including phenoxy) is 3. The molecule has 0 fully saturated rings. The number of hydrogen-bond donors (Lipinski definition) is 0. The van der Waals surface area contributed by atoms with E-state index in [1.54, 1.807) is 0 Å². The highest BCUT2D eigenvalue weighted by Crippen LogP contribution is 2.16. The largest absolute Gasteiger partial charge is 0.462 e. The van der Waals surface area contributed by atoms with Crippen molar-refractivity contribution in [3.05, 3.63) is 85.1 Å². The number of allylic oxidation sites excluding steroid dienone is 14. The lowest BCUT2D eigenvalue weighted by atomic mass is 10.0. The second-order valence-electron chi connectivity index (χ2n) is 18.3. The van der Waals surface area contributed by atoms with Crippen LogP contribution in [-0.4, -0.2) is 37.2 Å². The maximum absolute atomic E-state index is 12.8. The van der Waals surface area contributed by atoms with Crippen LogP contribution in [0.1, 0.15) is 258 Å². The molecule has 0 spiro atoms. The first-order valence-electron chi connectivity index (χ1n) is 27.7. The lowest BCUT2D eigenvalue weighted by molar-refractivity contribution is -0.167. The van der Waals surface area contributed by atoms with Gasteiger partial charge in [0, 0.05) is 19.3 Å². The number of rotatable bonds is 49. The number of carbonyl (C=O) groups excluding carboxylic acids is 3. The highest BCUT2D eigenvalue weighted by molar-refractivity contribution is 5.71. The van der Waals surface area contributed by atoms with Gasteiger partial charge in [-0.3, -0.25) is 14.4 Å². The fraction of sp³-hybridized carbons (Fsp3) is 0.717. The van der Waals surface area contributed by atoms with Crippen LogP contribution < -0.4 is 0 Å². The monoisotopic (exact) mass is 919 g/mol. The average Bonchev–Trinajstić information content (AvgIpc) is 3.31. The van der Waals surface area contributed by atoms with E-state index in [1.807, 2.05) is 54.7 Å². The molecule has 6 heteroatoms. The molecule has 0 radical (unpaired) electrons. The van der Waals surface area contributed by atoms with Gasteiger partial charge in [-0.1, -0.05) is 266 Å². The van der Waals surface area contributed by atoms with Gasteiger partial charge < -0.3 is 14.2 Å². The van der Waals surface area contributed by atoms with E-state index in [0.717, 1.165) is 64.2 Å². The maximum atomic E-state index is 12.8. The molecule has 66 heavy (non-hydrogen) atoms. The van der Waals surface area contributed by atoms with Crippen molar-refractivity contribution in [2.45, 2.75) is 264 Å². The number of unbranched alkanes of at least 4 members (excludes halogenated alkanes) is 29. The Balaban J connectivity index is 4.45. The zero-order chi connectivity index (χ0) is 47.9. The summed E-state index contributed by atoms with van der Waals surface area (Å²) in [6.07, 6.45) is 70.2. The smallest absolute Gasteiger partial charge is 0.306 e. The first-order chi connectivity index (χ1) is 32.5. The van der Waals surface area contributed by atoms with Crippen molar-refractivity contribution in [1.82, 2.24) is 0 Å². The van der Waals surface area contributed by atoms with E-state index in [4.69, 9.17) is 14.2 Å². The standard InChI is InChI=1S/C60H102O6/c1-4-7-10-13-16-19-22-25-27-29-30-31-33-35-38-41-44-47-50-53-59(62)65-56-57(55-64-58(61)52-49-46-43-40-37-34-24-21-18-15-12-9-6-3)66-60(63)54-51-48-45-42-39-36-32-28-26-23-20-17-14-11-8-5-2/h9,12,15,18,21,24,28,32,34,36-37,39-40,43,57H,4-8,10-11,13-14,16-17,19-20,22-23,25-27,29-31,33,35,38,41-42,44-56H2,1-3H3/b12-9+,18-15+,24-21+,32-28+,37-34+,39-36+,43-40+. The summed E-state index contributed by atoms with van der Waals surface area (Å²) < 4.78 is 16.7. The first kappa shape index (κ1) is 62.6. The van der Waals surface area contributed by atoms with Crippen LogP contribution in [0.3, 0.4) is 0 Å². The van der Waals surface area contributed by atoms with Crippen molar-refractivity contribution in [2.75, 3.05) is 13.2 Å². The molecule has 0 saturated carbocycles. The third-order valence-electron chi connectivity index (χ3n) is 11.8. The molecule has 0 aliphatic heterocycles. The molecule has 0 bridgehead atoms. The summed E-state index contributed by atoms with van der Waals surface area (Å²) >= 11 is 0. The van der Waals surface area contributed by atoms with Gasteiger partial charge in [0.15, 0.2) is 6.10 Å². The van der Waals surface area contributed by atoms with Gasteiger partial charge in [0.25, 0.3) is 0 Å². The predicted octanol–water partition coefficient (Wildman–Crippen LogP) is 18.4. The molecule has 0 aromatic rings. The Hall–Kier alpha value is -3.41. The van der Waals surface area contributed by atoms with Gasteiger partial charge >= 0.3 is 17.9 Å². The maximum Gasteiger partial charge on any atom is 0.306 e. The van der Waals surface area contributed by atoms with Crippen molar-refractivity contribution in [2.24, 2.45) is 0 Å². The fourth-order valence-electron chi connectivity index (χ4n) is 7.64. The Morgan fingerprint density at radius 1 is 0.318 bits per heavy atom. The minimum atomic E-state index is -0.818. The van der Waals surface area contributed by atoms with E-state index in [1.165, 1.54) is 148 Å². The van der Waals surface area contributed by atoms with Crippen LogP contribution in [0.4, 0.5) is 0 Å². The minimum Gasteiger partial charge on any atom is -0.462 e. The van der Waals surface area contributed by atoms with Gasteiger partial charge in [0.2, 0.25) is 0 Å². The van der Waals surface area contributed by atoms with Gasteiger partial charge in [-0.15, -0.1) is 0 Å². The quantitative estimate of drug-likeness (QED) is 0.0262. The first-order valence-corrected chi connectivity index (χ1v) is 27.7. The number of esters is 3. The average molecular weight is 919 g/mol. The summed E-state index contributed by atoms with van der Waals surface area (Å²) in [4.78, 5) is 38.0. The van der Waals surface area contributed by atoms with Crippen molar-refractivity contribution in [3.63, 3.8) is 0 Å². The SMILES string of the molecule is CC/C=C/C=C/C=C/C=C/C=C/CCCC(=O)OCC(COC(=O)CCCCCCCCCCCCCCCCCCCCC)OC(=O)CCCCC/C=C/C=C/CCCCCCCCC. The Kier molecular flexibility index (Phi) is 51.4. The lowest BCUT2D eigenvalue weighted by Crippen LogP contribution is -2.30. The second kappa shape index (κ2) is 54.2. The topological polar surface area (TPSA) is 78.9 Å². The van der Waals surface area contributed by atoms with Gasteiger partial charge in [0.1, 0.15) is 13.2 Å². The molecule has 6 nitrogen and oxygen atoms in total. The van der Waals surface area contributed by atoms with Crippen molar-refractivity contribution in [1.29, 1.82) is 0 Å². The van der Waals surface area contributed by atoms with E-state index < -0.39 is 6.10 Å². The summed E-state index contributed by atoms with van der Waals surface area (Å²) in [6.45, 7) is 6.42. The van der Waals surface area contributed by atoms with E-state index in [9.17, 15) is 14.4 Å². The summed E-state index contributed by atoms with van der Waals surface area (Å²) in [5.41, 5.74) is 0. The van der Waals surface area contributed by atoms with Crippen LogP contribution in [-0.2, 0) is 28.6 Å². The molecule has 0 aromatic carbocycles. The van der Waals surface area contributed by atoms with Crippen LogP contribution in [0.15, 0.2) is 85.1 Å². The molecule has 0 amide bonds. The van der Waals surface area contributed by atoms with Gasteiger partial charge in [0.05, 0.1) is 0 Å². The summed E-state index contributed by atoms with van der Waals surface area (Å²) in [5, 5.41) is 0. The van der Waals surface area contributed by atoms with Crippen LogP contribution in [0.2, 0.25) is 0 Å². The fourth-order valence-corrected chi connectivity index (χ4v) is 7.64. The highest BCUT2D eigenvalue weighted by atomic mass is 16.6. The summed E-state index contributed by atoms with van der Waals surface area (Å²) in [7, 11) is 0. The number of carbonyl (C=O) groups is 3. The van der Waals surface area contributed by atoms with Gasteiger partial charge in [-0.05, 0) is 57.8 Å². The van der Waals surface area contributed by atoms with Crippen LogP contribution in [0, 0.1) is 0 Å². The highest BCUT2D eigenvalue weighted by Gasteiger charge is 2.19. The van der Waals surface area contributed by atoms with Crippen LogP contribution in [0.25, 0.3) is 0 Å². The molecular weight excluding hydrogens is 817 g/mol. The Morgan fingerprint density at radius 2 is 0.606 bits per heavy atom. The molecule has 378 valence electrons. The molecule has 0 heterocycles. The predicted molar refractivity (Wildman–Crippen MR) is 284 cm³/mol. The third-order valence-corrected chi connectivity index (χ3v) is 11.8. The minimum absolute atomic E-state index is 0.108. The van der Waals surface area contributed by atoms with Crippen molar-refractivity contribution in [3.8, 4) is 0 Å². The molecule has 0 aromatic heterocycles. The van der Waals surface area contributed by atoms with Gasteiger partial charge in [-0.25, -0.2) is 0 Å². The number of hydrogen-bond acceptors (Lipinski definition) is 6. The van der Waals surface area contributed by atoms with Gasteiger partial charge in [-0.2, -0.15) is 0 Å². The second-order valence-corrected chi connectivity index (χ2v) is 18.3. The molecule has 0 rings (SSSR count). The van der Waals surface area contributed by atoms with Crippen molar-refractivity contribution >= 4 is 17.9 Å². The van der Waals surface area contributed by atoms with Crippen LogP contribution >= 0.6 is 0 Å². The Bertz CT molecular complexity index is 1290. The zero-order valence-corrected chi connectivity index (χ0v) is 43.2. The molecule has 0 saturated heterocycles. The molecule has 1 atom stereocenters. The molecular formula is C60H102O6. The Labute approximate surface area is 407 Å². The summed E-state index contributed by atoms with van der Waals surface area (Å²) in [6, 6.07) is 0. The van der Waals surface area contributed by atoms with E-state index >= 15 is 0 Å². The van der Waals surface area contributed by atoms with E-state index in [2.05, 4.69) is 51.2 Å². The molecule has 0 N–H and O–H groups in total. The normalized spacial score (nSPS) is 12.7. The molecule has 1 unspecified atom stereocenters. The van der Waals surface area contributed by atoms with E-state index in [-0.39, 0.29) is 44.0 Å². The Morgan fingerprint density at radius 3 is 1.02 bits per heavy atom. The lowest BCUT2D eigenvalue weighted by Gasteiger charge is -2.18. The molecule has 0 aliphatic carbocycles. The van der Waals surface area contributed by atoms with Crippen molar-refractivity contribution < 1.29 is 28.6 Å². The third kappa shape index (κ3) is 51.6. The summed E-state index contributed by atoms with van der Waals surface area (Å²) in [5.74, 6) is -1.01. The van der Waals surface area contributed by atoms with E-state index in [0.29, 0.717) is 12.8 Å². The van der Waals surface area contributed by atoms with Crippen LogP contribution in [0.5, 0.6) is 0 Å².